The summed E-state index contributed by atoms with van der Waals surface area (Å²) in [5.74, 6) is -0.708. The second kappa shape index (κ2) is 4.19. The number of halogens is 2. The van der Waals surface area contributed by atoms with Gasteiger partial charge in [-0.1, -0.05) is 13.3 Å². The average Bonchev–Trinajstić information content (AvgIpc) is 2.07. The zero-order chi connectivity index (χ0) is 8.97. The molecule has 0 bridgehead atoms. The van der Waals surface area contributed by atoms with Gasteiger partial charge >= 0.3 is 0 Å². The summed E-state index contributed by atoms with van der Waals surface area (Å²) in [4.78, 5) is 0. The molecule has 12 heavy (non-hydrogen) atoms. The first-order chi connectivity index (χ1) is 5.74. The summed E-state index contributed by atoms with van der Waals surface area (Å²) < 4.78 is 25.5. The molecule has 1 aromatic carbocycles. The van der Waals surface area contributed by atoms with Gasteiger partial charge in [-0.15, -0.1) is 0 Å². The summed E-state index contributed by atoms with van der Waals surface area (Å²) in [7, 11) is 0. The fraction of sp³-hybridized carbons (Fsp3) is 0.300. The van der Waals surface area contributed by atoms with Crippen molar-refractivity contribution in [1.82, 2.24) is 0 Å². The molecule has 0 aromatic heterocycles. The zero-order valence-corrected chi connectivity index (χ0v) is 6.82. The van der Waals surface area contributed by atoms with Gasteiger partial charge in [-0.3, -0.25) is 0 Å². The number of aryl methyl sites for hydroxylation is 1. The van der Waals surface area contributed by atoms with Crippen molar-refractivity contribution in [3.63, 3.8) is 0 Å². The van der Waals surface area contributed by atoms with E-state index in [2.05, 4.69) is 6.92 Å². The molecule has 0 N–H and O–H groups in total. The summed E-state index contributed by atoms with van der Waals surface area (Å²) >= 11 is 0. The third-order valence-corrected chi connectivity index (χ3v) is 1.70. The first kappa shape index (κ1) is 9.17. The summed E-state index contributed by atoms with van der Waals surface area (Å²) in [6, 6.07) is 3.53. The summed E-state index contributed by atoms with van der Waals surface area (Å²) in [6.07, 6.45) is 2.10. The predicted octanol–water partition coefficient (Wildman–Crippen LogP) is 3.12. The molecule has 1 radical (unpaired) electrons. The Bertz CT molecular complexity index is 256. The van der Waals surface area contributed by atoms with Gasteiger partial charge in [-0.25, -0.2) is 8.78 Å². The highest BCUT2D eigenvalue weighted by Gasteiger charge is 2.02. The van der Waals surface area contributed by atoms with Crippen LogP contribution >= 0.6 is 0 Å². The van der Waals surface area contributed by atoms with E-state index in [0.717, 1.165) is 25.0 Å². The molecule has 0 aliphatic carbocycles. The van der Waals surface area contributed by atoms with E-state index in [0.29, 0.717) is 12.0 Å². The van der Waals surface area contributed by atoms with Crippen LogP contribution in [0.1, 0.15) is 18.4 Å². The van der Waals surface area contributed by atoms with E-state index >= 15 is 0 Å². The standard InChI is InChI=1S/C10H11F2/c1-2-3-4-8-7-9(11)5-6-10(8)12/h5-7H,1-4H2. The molecule has 0 saturated carbocycles. The van der Waals surface area contributed by atoms with Crippen molar-refractivity contribution in [3.05, 3.63) is 42.3 Å². The lowest BCUT2D eigenvalue weighted by Crippen LogP contribution is -1.91. The van der Waals surface area contributed by atoms with Crippen molar-refractivity contribution in [2.75, 3.05) is 0 Å². The van der Waals surface area contributed by atoms with Crippen molar-refractivity contribution in [2.24, 2.45) is 0 Å². The topological polar surface area (TPSA) is 0 Å². The van der Waals surface area contributed by atoms with Crippen LogP contribution in [-0.2, 0) is 6.42 Å². The quantitative estimate of drug-likeness (QED) is 0.652. The van der Waals surface area contributed by atoms with Gasteiger partial charge in [0.2, 0.25) is 0 Å². The molecule has 0 saturated heterocycles. The molecular formula is C10H11F2. The molecule has 65 valence electrons. The number of hydrogen-bond acceptors (Lipinski definition) is 0. The molecular weight excluding hydrogens is 158 g/mol. The molecule has 0 unspecified atom stereocenters. The van der Waals surface area contributed by atoms with Gasteiger partial charge in [0.25, 0.3) is 0 Å². The summed E-state index contributed by atoms with van der Waals surface area (Å²) in [6.45, 7) is 3.64. The van der Waals surface area contributed by atoms with Crippen LogP contribution in [0.2, 0.25) is 0 Å². The van der Waals surface area contributed by atoms with Gasteiger partial charge in [0.15, 0.2) is 0 Å². The minimum absolute atomic E-state index is 0.329. The molecule has 0 aliphatic rings. The van der Waals surface area contributed by atoms with Gasteiger partial charge in [0.1, 0.15) is 11.6 Å². The van der Waals surface area contributed by atoms with E-state index in [1.54, 1.807) is 0 Å². The second-order valence-corrected chi connectivity index (χ2v) is 2.69. The van der Waals surface area contributed by atoms with Crippen molar-refractivity contribution < 1.29 is 8.78 Å². The van der Waals surface area contributed by atoms with Crippen LogP contribution in [0.3, 0.4) is 0 Å². The van der Waals surface area contributed by atoms with Crippen LogP contribution in [0.25, 0.3) is 0 Å². The van der Waals surface area contributed by atoms with Crippen LogP contribution in [0.4, 0.5) is 8.78 Å². The normalized spacial score (nSPS) is 10.2. The molecule has 1 rings (SSSR count). The molecule has 0 heterocycles. The highest BCUT2D eigenvalue weighted by Crippen LogP contribution is 2.12. The lowest BCUT2D eigenvalue weighted by atomic mass is 10.1. The Morgan fingerprint density at radius 1 is 1.25 bits per heavy atom. The molecule has 0 aliphatic heterocycles. The highest BCUT2D eigenvalue weighted by molar-refractivity contribution is 5.18. The average molecular weight is 169 g/mol. The van der Waals surface area contributed by atoms with Gasteiger partial charge in [-0.2, -0.15) is 0 Å². The Hall–Kier alpha value is -0.920. The van der Waals surface area contributed by atoms with E-state index in [1.165, 1.54) is 6.07 Å². The maximum absolute atomic E-state index is 12.9. The van der Waals surface area contributed by atoms with Crippen molar-refractivity contribution in [3.8, 4) is 0 Å². The Kier molecular flexibility index (Phi) is 3.20. The van der Waals surface area contributed by atoms with Crippen LogP contribution in [0.15, 0.2) is 18.2 Å². The van der Waals surface area contributed by atoms with Crippen LogP contribution in [-0.4, -0.2) is 0 Å². The Morgan fingerprint density at radius 3 is 2.67 bits per heavy atom. The highest BCUT2D eigenvalue weighted by atomic mass is 19.1. The summed E-state index contributed by atoms with van der Waals surface area (Å²) in [5.41, 5.74) is 0.443. The van der Waals surface area contributed by atoms with E-state index in [9.17, 15) is 8.78 Å². The number of unbranched alkanes of at least 4 members (excludes halogenated alkanes) is 1. The lowest BCUT2D eigenvalue weighted by Gasteiger charge is -2.01. The van der Waals surface area contributed by atoms with Gasteiger partial charge in [0.05, 0.1) is 0 Å². The first-order valence-electron chi connectivity index (χ1n) is 3.97. The number of benzene rings is 1. The second-order valence-electron chi connectivity index (χ2n) is 2.69. The molecule has 0 amide bonds. The number of hydrogen-bond donors (Lipinski definition) is 0. The van der Waals surface area contributed by atoms with Gasteiger partial charge in [0, 0.05) is 0 Å². The molecule has 0 atom stereocenters. The largest absolute Gasteiger partial charge is 0.207 e. The molecule has 0 fully saturated rings. The van der Waals surface area contributed by atoms with Crippen molar-refractivity contribution in [1.29, 1.82) is 0 Å². The maximum atomic E-state index is 12.9. The van der Waals surface area contributed by atoms with E-state index in [1.807, 2.05) is 0 Å². The smallest absolute Gasteiger partial charge is 0.126 e. The third-order valence-electron chi connectivity index (χ3n) is 1.70. The molecule has 1 aromatic rings. The third kappa shape index (κ3) is 2.29. The zero-order valence-electron chi connectivity index (χ0n) is 6.82. The van der Waals surface area contributed by atoms with Crippen LogP contribution in [0.5, 0.6) is 0 Å². The lowest BCUT2D eigenvalue weighted by molar-refractivity contribution is 0.581. The molecule has 0 spiro atoms. The van der Waals surface area contributed by atoms with E-state index < -0.39 is 0 Å². The monoisotopic (exact) mass is 169 g/mol. The maximum Gasteiger partial charge on any atom is 0.126 e. The van der Waals surface area contributed by atoms with Crippen molar-refractivity contribution in [2.45, 2.75) is 19.3 Å². The molecule has 2 heteroatoms. The Labute approximate surface area is 71.2 Å². The van der Waals surface area contributed by atoms with Gasteiger partial charge in [-0.05, 0) is 36.6 Å². The van der Waals surface area contributed by atoms with Crippen LogP contribution < -0.4 is 0 Å². The van der Waals surface area contributed by atoms with E-state index in [-0.39, 0.29) is 11.6 Å². The van der Waals surface area contributed by atoms with Gasteiger partial charge < -0.3 is 0 Å². The fourth-order valence-corrected chi connectivity index (χ4v) is 1.05. The van der Waals surface area contributed by atoms with Crippen molar-refractivity contribution >= 4 is 0 Å². The predicted molar refractivity (Wildman–Crippen MR) is 44.7 cm³/mol. The minimum atomic E-state index is -0.379. The Balaban J connectivity index is 2.75. The Morgan fingerprint density at radius 2 is 2.00 bits per heavy atom. The summed E-state index contributed by atoms with van der Waals surface area (Å²) in [5, 5.41) is 0. The number of rotatable bonds is 3. The molecule has 0 nitrogen and oxygen atoms in total. The first-order valence-corrected chi connectivity index (χ1v) is 3.97. The fourth-order valence-electron chi connectivity index (χ4n) is 1.05. The van der Waals surface area contributed by atoms with E-state index in [4.69, 9.17) is 0 Å². The van der Waals surface area contributed by atoms with Crippen LogP contribution in [0, 0.1) is 18.6 Å². The minimum Gasteiger partial charge on any atom is -0.207 e. The SMILES string of the molecule is [CH2]CCCc1cc(F)ccc1F.